The average Bonchev–Trinajstić information content (AvgIpc) is 3.08. The lowest BCUT2D eigenvalue weighted by Gasteiger charge is -2.03. The number of fused-ring (bicyclic) bond motifs is 1. The third-order valence-corrected chi connectivity index (χ3v) is 3.96. The van der Waals surface area contributed by atoms with Crippen LogP contribution in [0.5, 0.6) is 0 Å². The molecular formula is C20H15N3O3. The molecule has 1 amide bonds. The number of hydrogen-bond acceptors (Lipinski definition) is 4. The van der Waals surface area contributed by atoms with Crippen molar-refractivity contribution in [1.29, 1.82) is 0 Å². The van der Waals surface area contributed by atoms with E-state index < -0.39 is 11.5 Å². The van der Waals surface area contributed by atoms with Gasteiger partial charge in [-0.2, -0.15) is 5.10 Å². The van der Waals surface area contributed by atoms with Crippen molar-refractivity contribution >= 4 is 22.6 Å². The number of aromatic nitrogens is 2. The van der Waals surface area contributed by atoms with E-state index in [1.807, 2.05) is 36.4 Å². The van der Waals surface area contributed by atoms with Gasteiger partial charge in [0.25, 0.3) is 5.91 Å². The Bertz CT molecular complexity index is 1130. The standard InChI is InChI=1S/C20H15N3O3/c24-19(17-10-15-8-4-5-9-18(15)26-20(17)25)22-16-11-21-23(13-16)12-14-6-2-1-3-7-14/h1-11,13H,12H2,(H,22,24). The molecule has 0 spiro atoms. The molecule has 0 saturated carbocycles. The zero-order valence-corrected chi connectivity index (χ0v) is 13.8. The lowest BCUT2D eigenvalue weighted by molar-refractivity contribution is 0.102. The summed E-state index contributed by atoms with van der Waals surface area (Å²) in [6.45, 7) is 0.592. The van der Waals surface area contributed by atoms with Crippen molar-refractivity contribution < 1.29 is 9.21 Å². The summed E-state index contributed by atoms with van der Waals surface area (Å²) in [7, 11) is 0. The molecule has 128 valence electrons. The van der Waals surface area contributed by atoms with Crippen molar-refractivity contribution in [3.05, 3.63) is 94.6 Å². The van der Waals surface area contributed by atoms with Crippen LogP contribution in [-0.4, -0.2) is 15.7 Å². The Morgan fingerprint density at radius 1 is 1.08 bits per heavy atom. The number of amides is 1. The maximum Gasteiger partial charge on any atom is 0.349 e. The van der Waals surface area contributed by atoms with Gasteiger partial charge in [-0.25, -0.2) is 4.79 Å². The predicted molar refractivity (Wildman–Crippen MR) is 98.2 cm³/mol. The Hall–Kier alpha value is -3.67. The molecule has 0 radical (unpaired) electrons. The first-order valence-electron chi connectivity index (χ1n) is 8.10. The van der Waals surface area contributed by atoms with Crippen LogP contribution >= 0.6 is 0 Å². The summed E-state index contributed by atoms with van der Waals surface area (Å²) < 4.78 is 6.91. The maximum absolute atomic E-state index is 12.4. The first-order valence-corrected chi connectivity index (χ1v) is 8.10. The number of para-hydroxylation sites is 1. The van der Waals surface area contributed by atoms with Crippen molar-refractivity contribution in [3.63, 3.8) is 0 Å². The molecule has 1 N–H and O–H groups in total. The molecule has 0 saturated heterocycles. The van der Waals surface area contributed by atoms with Gasteiger partial charge in [-0.3, -0.25) is 9.48 Å². The number of carbonyl (C=O) groups is 1. The van der Waals surface area contributed by atoms with Crippen molar-refractivity contribution in [3.8, 4) is 0 Å². The smallest absolute Gasteiger partial charge is 0.349 e. The average molecular weight is 345 g/mol. The Labute approximate surface area is 148 Å². The van der Waals surface area contributed by atoms with E-state index in [-0.39, 0.29) is 5.56 Å². The van der Waals surface area contributed by atoms with E-state index in [1.165, 1.54) is 6.07 Å². The van der Waals surface area contributed by atoms with Crippen LogP contribution in [0.3, 0.4) is 0 Å². The third kappa shape index (κ3) is 3.25. The molecule has 0 bridgehead atoms. The molecule has 6 nitrogen and oxygen atoms in total. The molecule has 0 fully saturated rings. The van der Waals surface area contributed by atoms with Crippen LogP contribution in [-0.2, 0) is 6.54 Å². The summed E-state index contributed by atoms with van der Waals surface area (Å²) in [4.78, 5) is 24.5. The van der Waals surface area contributed by atoms with Crippen LogP contribution < -0.4 is 10.9 Å². The molecule has 0 aliphatic rings. The van der Waals surface area contributed by atoms with E-state index in [1.54, 1.807) is 35.3 Å². The van der Waals surface area contributed by atoms with E-state index in [2.05, 4.69) is 10.4 Å². The van der Waals surface area contributed by atoms with Crippen LogP contribution in [0.4, 0.5) is 5.69 Å². The fourth-order valence-electron chi connectivity index (χ4n) is 2.70. The molecule has 0 unspecified atom stereocenters. The van der Waals surface area contributed by atoms with E-state index in [9.17, 15) is 9.59 Å². The normalized spacial score (nSPS) is 10.8. The van der Waals surface area contributed by atoms with Crippen molar-refractivity contribution in [1.82, 2.24) is 9.78 Å². The maximum atomic E-state index is 12.4. The van der Waals surface area contributed by atoms with Gasteiger partial charge in [0.2, 0.25) is 0 Å². The summed E-state index contributed by atoms with van der Waals surface area (Å²) in [5.74, 6) is -0.524. The van der Waals surface area contributed by atoms with Gasteiger partial charge < -0.3 is 9.73 Å². The highest BCUT2D eigenvalue weighted by Gasteiger charge is 2.14. The van der Waals surface area contributed by atoms with Crippen LogP contribution in [0.25, 0.3) is 11.0 Å². The number of anilines is 1. The molecule has 2 aromatic carbocycles. The van der Waals surface area contributed by atoms with E-state index in [0.717, 1.165) is 5.56 Å². The lowest BCUT2D eigenvalue weighted by atomic mass is 10.2. The van der Waals surface area contributed by atoms with Gasteiger partial charge in [-0.1, -0.05) is 48.5 Å². The molecule has 26 heavy (non-hydrogen) atoms. The number of hydrogen-bond donors (Lipinski definition) is 1. The van der Waals surface area contributed by atoms with Crippen LogP contribution in [0, 0.1) is 0 Å². The summed E-state index contributed by atoms with van der Waals surface area (Å²) in [5.41, 5.74) is 1.35. The Morgan fingerprint density at radius 2 is 1.85 bits per heavy atom. The van der Waals surface area contributed by atoms with Crippen molar-refractivity contribution in [2.45, 2.75) is 6.54 Å². The molecule has 4 rings (SSSR count). The number of rotatable bonds is 4. The Kier molecular flexibility index (Phi) is 4.07. The summed E-state index contributed by atoms with van der Waals surface area (Å²) in [5, 5.41) is 7.61. The van der Waals surface area contributed by atoms with Gasteiger partial charge in [0.1, 0.15) is 11.1 Å². The molecule has 2 heterocycles. The number of benzene rings is 2. The Balaban J connectivity index is 1.53. The molecule has 6 heteroatoms. The van der Waals surface area contributed by atoms with Crippen LogP contribution in [0.1, 0.15) is 15.9 Å². The summed E-state index contributed by atoms with van der Waals surface area (Å²) >= 11 is 0. The quantitative estimate of drug-likeness (QED) is 0.576. The second kappa shape index (κ2) is 6.68. The van der Waals surface area contributed by atoms with E-state index >= 15 is 0 Å². The molecular weight excluding hydrogens is 330 g/mol. The second-order valence-corrected chi connectivity index (χ2v) is 5.85. The topological polar surface area (TPSA) is 77.1 Å². The van der Waals surface area contributed by atoms with Crippen LogP contribution in [0.2, 0.25) is 0 Å². The molecule has 2 aromatic heterocycles. The highest BCUT2D eigenvalue weighted by atomic mass is 16.4. The minimum atomic E-state index is -0.669. The summed E-state index contributed by atoms with van der Waals surface area (Å²) in [6.07, 6.45) is 3.26. The highest BCUT2D eigenvalue weighted by molar-refractivity contribution is 6.05. The van der Waals surface area contributed by atoms with Gasteiger partial charge in [0.05, 0.1) is 18.4 Å². The number of carbonyl (C=O) groups excluding carboxylic acids is 1. The fourth-order valence-corrected chi connectivity index (χ4v) is 2.70. The zero-order valence-electron chi connectivity index (χ0n) is 13.8. The van der Waals surface area contributed by atoms with E-state index in [0.29, 0.717) is 23.2 Å². The SMILES string of the molecule is O=C(Nc1cnn(Cc2ccccc2)c1)c1cc2ccccc2oc1=O. The van der Waals surface area contributed by atoms with Crippen molar-refractivity contribution in [2.75, 3.05) is 5.32 Å². The van der Waals surface area contributed by atoms with E-state index in [4.69, 9.17) is 4.42 Å². The number of nitrogens with zero attached hydrogens (tertiary/aromatic N) is 2. The second-order valence-electron chi connectivity index (χ2n) is 5.85. The third-order valence-electron chi connectivity index (χ3n) is 3.96. The molecule has 4 aromatic rings. The number of nitrogens with one attached hydrogen (secondary N) is 1. The minimum Gasteiger partial charge on any atom is -0.422 e. The summed E-state index contributed by atoms with van der Waals surface area (Å²) in [6, 6.07) is 18.5. The molecule has 0 atom stereocenters. The van der Waals surface area contributed by atoms with Gasteiger partial charge in [-0.05, 0) is 17.7 Å². The van der Waals surface area contributed by atoms with Gasteiger partial charge in [0.15, 0.2) is 0 Å². The molecule has 0 aliphatic heterocycles. The van der Waals surface area contributed by atoms with Crippen LogP contribution in [0.15, 0.2) is 82.3 Å². The van der Waals surface area contributed by atoms with Gasteiger partial charge in [-0.15, -0.1) is 0 Å². The monoisotopic (exact) mass is 345 g/mol. The first kappa shape index (κ1) is 15.8. The first-order chi connectivity index (χ1) is 12.7. The minimum absolute atomic E-state index is 0.0421. The predicted octanol–water partition coefficient (Wildman–Crippen LogP) is 3.29. The highest BCUT2D eigenvalue weighted by Crippen LogP contribution is 2.14. The van der Waals surface area contributed by atoms with Gasteiger partial charge in [0, 0.05) is 11.6 Å². The lowest BCUT2D eigenvalue weighted by Crippen LogP contribution is -2.20. The van der Waals surface area contributed by atoms with Crippen molar-refractivity contribution in [2.24, 2.45) is 0 Å². The zero-order chi connectivity index (χ0) is 17.9. The van der Waals surface area contributed by atoms with Gasteiger partial charge >= 0.3 is 5.63 Å². The molecule has 0 aliphatic carbocycles. The fraction of sp³-hybridized carbons (Fsp3) is 0.0500. The Morgan fingerprint density at radius 3 is 2.69 bits per heavy atom. The largest absolute Gasteiger partial charge is 0.422 e.